The number of hydrogen-bond acceptors (Lipinski definition) is 2. The fourth-order valence-corrected chi connectivity index (χ4v) is 13.3. The van der Waals surface area contributed by atoms with Gasteiger partial charge in [0.05, 0.1) is 44.5 Å². The van der Waals surface area contributed by atoms with E-state index < -0.39 is 0 Å². The molecule has 302 valence electrons. The number of benzene rings is 10. The van der Waals surface area contributed by atoms with Crippen molar-refractivity contribution in [3.63, 3.8) is 0 Å². The zero-order valence-electron chi connectivity index (χ0n) is 34.9. The molecule has 0 aliphatic carbocycles. The second kappa shape index (κ2) is 13.3. The first-order chi connectivity index (χ1) is 32.2. The van der Waals surface area contributed by atoms with E-state index in [1.807, 2.05) is 22.7 Å². The quantitative estimate of drug-likeness (QED) is 0.167. The van der Waals surface area contributed by atoms with Crippen molar-refractivity contribution in [2.24, 2.45) is 0 Å². The summed E-state index contributed by atoms with van der Waals surface area (Å²) in [6.07, 6.45) is 0. The minimum atomic E-state index is 1.15. The molecule has 0 fully saturated rings. The molecule has 5 aromatic heterocycles. The summed E-state index contributed by atoms with van der Waals surface area (Å²) in [5.41, 5.74) is 13.3. The summed E-state index contributed by atoms with van der Waals surface area (Å²) >= 11 is 3.74. The number of aromatic nitrogens is 3. The molecule has 5 heterocycles. The van der Waals surface area contributed by atoms with Gasteiger partial charge in [0.2, 0.25) is 0 Å². The second-order valence-corrected chi connectivity index (χ2v) is 19.4. The highest BCUT2D eigenvalue weighted by molar-refractivity contribution is 7.26. The highest BCUT2D eigenvalue weighted by Crippen LogP contribution is 2.44. The van der Waals surface area contributed by atoms with E-state index in [4.69, 9.17) is 0 Å². The van der Waals surface area contributed by atoms with Gasteiger partial charge in [0, 0.05) is 78.3 Å². The Morgan fingerprint density at radius 1 is 0.246 bits per heavy atom. The predicted octanol–water partition coefficient (Wildman–Crippen LogP) is 17.4. The maximum atomic E-state index is 2.48. The van der Waals surface area contributed by atoms with Crippen molar-refractivity contribution < 1.29 is 0 Å². The summed E-state index contributed by atoms with van der Waals surface area (Å²) in [5.74, 6) is 0. The molecule has 0 saturated heterocycles. The van der Waals surface area contributed by atoms with Gasteiger partial charge in [-0.3, -0.25) is 0 Å². The van der Waals surface area contributed by atoms with Gasteiger partial charge in [-0.05, 0) is 108 Å². The fraction of sp³-hybridized carbons (Fsp3) is 0. The van der Waals surface area contributed by atoms with Crippen LogP contribution in [0.4, 0.5) is 0 Å². The SMILES string of the molecule is c1ccc2c(c1)sc1cccc(-n3c4ccccc4c4cc(-c5ccc6c(c5)c5ccccc5n6-c5ccc6c(c5)c5ccccc5n6-c5cccc6sc7ccccc7c56)ccc43)c12. The fourth-order valence-electron chi connectivity index (χ4n) is 11.1. The van der Waals surface area contributed by atoms with Crippen molar-refractivity contribution in [2.75, 3.05) is 0 Å². The van der Waals surface area contributed by atoms with E-state index in [-0.39, 0.29) is 0 Å². The maximum absolute atomic E-state index is 2.48. The van der Waals surface area contributed by atoms with Gasteiger partial charge in [-0.25, -0.2) is 0 Å². The molecule has 0 saturated carbocycles. The summed E-state index contributed by atoms with van der Waals surface area (Å²) in [6.45, 7) is 0. The van der Waals surface area contributed by atoms with Crippen LogP contribution < -0.4 is 0 Å². The minimum absolute atomic E-state index is 1.15. The predicted molar refractivity (Wildman–Crippen MR) is 281 cm³/mol. The Morgan fingerprint density at radius 3 is 1.12 bits per heavy atom. The molecule has 65 heavy (non-hydrogen) atoms. The van der Waals surface area contributed by atoms with Crippen LogP contribution in [0.5, 0.6) is 0 Å². The molecule has 3 nitrogen and oxygen atoms in total. The van der Waals surface area contributed by atoms with Crippen LogP contribution >= 0.6 is 22.7 Å². The molecule has 0 spiro atoms. The summed E-state index contributed by atoms with van der Waals surface area (Å²) in [4.78, 5) is 0. The molecule has 0 aliphatic rings. The monoisotopic (exact) mass is 861 g/mol. The molecule has 5 heteroatoms. The topological polar surface area (TPSA) is 14.8 Å². The molecule has 0 radical (unpaired) electrons. The van der Waals surface area contributed by atoms with E-state index in [1.165, 1.54) is 128 Å². The minimum Gasteiger partial charge on any atom is -0.309 e. The van der Waals surface area contributed by atoms with Crippen LogP contribution in [0.3, 0.4) is 0 Å². The second-order valence-electron chi connectivity index (χ2n) is 17.2. The first kappa shape index (κ1) is 35.5. The summed E-state index contributed by atoms with van der Waals surface area (Å²) in [6, 6.07) is 78.9. The Balaban J connectivity index is 0.903. The molecule has 0 atom stereocenters. The average Bonchev–Trinajstić information content (AvgIpc) is 4.17. The Morgan fingerprint density at radius 2 is 0.615 bits per heavy atom. The van der Waals surface area contributed by atoms with Crippen LogP contribution in [0.2, 0.25) is 0 Å². The Kier molecular flexibility index (Phi) is 7.26. The van der Waals surface area contributed by atoms with Crippen LogP contribution in [0, 0.1) is 0 Å². The standard InChI is InChI=1S/C60H35N3S2/c1-6-18-47-39(13-1)44-33-36(37-28-31-51-45(34-37)40-14-2-7-19-48(40)62(51)53-21-11-25-57-59(53)42-16-4-9-23-55(42)64-57)27-30-50(44)61(47)38-29-32-52-46(35-38)41-15-3-8-20-49(41)63(52)54-22-12-26-58-60(54)43-17-5-10-24-56(43)65-58/h1-35H. The van der Waals surface area contributed by atoms with E-state index >= 15 is 0 Å². The lowest BCUT2D eigenvalue weighted by Crippen LogP contribution is -1.96. The van der Waals surface area contributed by atoms with Crippen molar-refractivity contribution in [1.29, 1.82) is 0 Å². The van der Waals surface area contributed by atoms with Crippen molar-refractivity contribution in [2.45, 2.75) is 0 Å². The van der Waals surface area contributed by atoms with E-state index in [9.17, 15) is 0 Å². The van der Waals surface area contributed by atoms with Crippen LogP contribution in [-0.4, -0.2) is 13.7 Å². The van der Waals surface area contributed by atoms with E-state index in [1.54, 1.807) is 0 Å². The van der Waals surface area contributed by atoms with Crippen molar-refractivity contribution in [3.05, 3.63) is 212 Å². The normalized spacial score (nSPS) is 12.3. The van der Waals surface area contributed by atoms with Gasteiger partial charge in [0.1, 0.15) is 0 Å². The number of rotatable bonds is 4. The average molecular weight is 862 g/mol. The van der Waals surface area contributed by atoms with Gasteiger partial charge in [-0.1, -0.05) is 115 Å². The largest absolute Gasteiger partial charge is 0.309 e. The molecule has 10 aromatic carbocycles. The number of para-hydroxylation sites is 3. The maximum Gasteiger partial charge on any atom is 0.0555 e. The molecule has 0 bridgehead atoms. The summed E-state index contributed by atoms with van der Waals surface area (Å²) < 4.78 is 12.7. The lowest BCUT2D eigenvalue weighted by Gasteiger charge is -2.12. The summed E-state index contributed by atoms with van der Waals surface area (Å²) in [7, 11) is 0. The van der Waals surface area contributed by atoms with Crippen LogP contribution in [-0.2, 0) is 0 Å². The first-order valence-electron chi connectivity index (χ1n) is 22.2. The third-order valence-corrected chi connectivity index (χ3v) is 16.1. The highest BCUT2D eigenvalue weighted by Gasteiger charge is 2.21. The molecular weight excluding hydrogens is 827 g/mol. The smallest absolute Gasteiger partial charge is 0.0555 e. The van der Waals surface area contributed by atoms with Gasteiger partial charge in [-0.2, -0.15) is 0 Å². The molecule has 0 unspecified atom stereocenters. The third kappa shape index (κ3) is 4.94. The number of thiophene rings is 2. The van der Waals surface area contributed by atoms with Gasteiger partial charge in [0.25, 0.3) is 0 Å². The Bertz CT molecular complexity index is 4490. The lowest BCUT2D eigenvalue weighted by molar-refractivity contribution is 1.17. The van der Waals surface area contributed by atoms with Crippen LogP contribution in [0.15, 0.2) is 212 Å². The Hall–Kier alpha value is -7.96. The van der Waals surface area contributed by atoms with Gasteiger partial charge in [0.15, 0.2) is 0 Å². The Labute approximate surface area is 380 Å². The molecule has 0 N–H and O–H groups in total. The van der Waals surface area contributed by atoms with Gasteiger partial charge in [-0.15, -0.1) is 22.7 Å². The number of nitrogens with zero attached hydrogens (tertiary/aromatic N) is 3. The molecule has 0 amide bonds. The highest BCUT2D eigenvalue weighted by atomic mass is 32.1. The van der Waals surface area contributed by atoms with Crippen LogP contribution in [0.1, 0.15) is 0 Å². The van der Waals surface area contributed by atoms with E-state index in [0.29, 0.717) is 0 Å². The van der Waals surface area contributed by atoms with Gasteiger partial charge >= 0.3 is 0 Å². The first-order valence-corrected chi connectivity index (χ1v) is 23.8. The molecule has 15 rings (SSSR count). The zero-order valence-corrected chi connectivity index (χ0v) is 36.5. The number of fused-ring (bicyclic) bond motifs is 15. The molecule has 0 aliphatic heterocycles. The third-order valence-electron chi connectivity index (χ3n) is 13.8. The zero-order chi connectivity index (χ0) is 42.3. The van der Waals surface area contributed by atoms with Crippen molar-refractivity contribution in [1.82, 2.24) is 13.7 Å². The van der Waals surface area contributed by atoms with Crippen molar-refractivity contribution in [3.8, 4) is 28.2 Å². The summed E-state index contributed by atoms with van der Waals surface area (Å²) in [5, 5.41) is 12.8. The molecular formula is C60H35N3S2. The van der Waals surface area contributed by atoms with E-state index in [0.717, 1.165) is 5.69 Å². The lowest BCUT2D eigenvalue weighted by atomic mass is 10.0. The van der Waals surface area contributed by atoms with Crippen LogP contribution in [0.25, 0.3) is 134 Å². The number of hydrogen-bond donors (Lipinski definition) is 0. The van der Waals surface area contributed by atoms with Crippen molar-refractivity contribution >= 4 is 128 Å². The van der Waals surface area contributed by atoms with E-state index in [2.05, 4.69) is 226 Å². The molecule has 15 aromatic rings. The van der Waals surface area contributed by atoms with Gasteiger partial charge < -0.3 is 13.7 Å².